The Kier molecular flexibility index (Phi) is 3.48. The Morgan fingerprint density at radius 2 is 1.89 bits per heavy atom. The molecule has 2 aliphatic carbocycles. The second-order valence-electron chi connectivity index (χ2n) is 6.10. The summed E-state index contributed by atoms with van der Waals surface area (Å²) in [6, 6.07) is 0. The molecule has 0 aromatic carbocycles. The molecule has 1 saturated heterocycles. The number of amides is 1. The highest BCUT2D eigenvalue weighted by molar-refractivity contribution is 5.86. The average Bonchev–Trinajstić information content (AvgIpc) is 3.10. The molecule has 2 N–H and O–H groups in total. The van der Waals surface area contributed by atoms with Crippen LogP contribution in [0.5, 0.6) is 0 Å². The molecular formula is C14H21NO4. The number of hydrogen-bond acceptors (Lipinski definition) is 3. The first kappa shape index (κ1) is 12.9. The minimum absolute atomic E-state index is 0.0740. The lowest BCUT2D eigenvalue weighted by Crippen LogP contribution is -2.43. The molecule has 0 aromatic rings. The second-order valence-corrected chi connectivity index (χ2v) is 6.10. The van der Waals surface area contributed by atoms with Crippen LogP contribution in [0.15, 0.2) is 0 Å². The summed E-state index contributed by atoms with van der Waals surface area (Å²) in [5.74, 6) is -1.18. The van der Waals surface area contributed by atoms with Gasteiger partial charge in [0.05, 0.1) is 17.9 Å². The lowest BCUT2D eigenvalue weighted by Gasteiger charge is -2.27. The minimum atomic E-state index is -0.801. The predicted molar refractivity (Wildman–Crippen MR) is 67.4 cm³/mol. The third-order valence-corrected chi connectivity index (χ3v) is 5.03. The first-order valence-corrected chi connectivity index (χ1v) is 7.29. The van der Waals surface area contributed by atoms with Gasteiger partial charge in [-0.3, -0.25) is 9.59 Å². The van der Waals surface area contributed by atoms with Gasteiger partial charge in [-0.2, -0.15) is 0 Å². The van der Waals surface area contributed by atoms with Gasteiger partial charge in [-0.05, 0) is 43.9 Å². The zero-order chi connectivity index (χ0) is 13.4. The van der Waals surface area contributed by atoms with Crippen LogP contribution >= 0.6 is 0 Å². The summed E-state index contributed by atoms with van der Waals surface area (Å²) < 4.78 is 5.47. The molecule has 2 saturated carbocycles. The van der Waals surface area contributed by atoms with Crippen LogP contribution in [0.3, 0.4) is 0 Å². The maximum Gasteiger partial charge on any atom is 0.307 e. The number of rotatable bonds is 4. The van der Waals surface area contributed by atoms with E-state index < -0.39 is 11.9 Å². The Morgan fingerprint density at radius 3 is 2.53 bits per heavy atom. The molecule has 3 fully saturated rings. The van der Waals surface area contributed by atoms with Crippen LogP contribution in [0.25, 0.3) is 0 Å². The highest BCUT2D eigenvalue weighted by atomic mass is 16.5. The summed E-state index contributed by atoms with van der Waals surface area (Å²) in [5, 5.41) is 12.2. The Balaban J connectivity index is 1.60. The first-order chi connectivity index (χ1) is 9.16. The lowest BCUT2D eigenvalue weighted by atomic mass is 9.78. The molecule has 0 spiro atoms. The number of nitrogens with one attached hydrogen (secondary N) is 1. The maximum absolute atomic E-state index is 12.3. The van der Waals surface area contributed by atoms with E-state index in [1.165, 1.54) is 0 Å². The SMILES string of the molecule is O=C(NC[C@H]1CCCO1)[C@@H]1[C@H]2CC[C@@H](C2)[C@@H]1C(=O)O. The molecule has 1 aliphatic heterocycles. The number of hydrogen-bond donors (Lipinski definition) is 2. The van der Waals surface area contributed by atoms with Gasteiger partial charge in [-0.15, -0.1) is 0 Å². The minimum Gasteiger partial charge on any atom is -0.481 e. The van der Waals surface area contributed by atoms with Crippen molar-refractivity contribution in [1.29, 1.82) is 0 Å². The number of ether oxygens (including phenoxy) is 1. The van der Waals surface area contributed by atoms with Crippen LogP contribution in [-0.4, -0.2) is 36.2 Å². The predicted octanol–water partition coefficient (Wildman–Crippen LogP) is 1.03. The molecule has 5 atom stereocenters. The topological polar surface area (TPSA) is 75.6 Å². The fraction of sp³-hybridized carbons (Fsp3) is 0.857. The summed E-state index contributed by atoms with van der Waals surface area (Å²) in [5.41, 5.74) is 0. The Morgan fingerprint density at radius 1 is 1.16 bits per heavy atom. The summed E-state index contributed by atoms with van der Waals surface area (Å²) in [6.45, 7) is 1.30. The maximum atomic E-state index is 12.3. The molecule has 5 heteroatoms. The smallest absolute Gasteiger partial charge is 0.307 e. The summed E-state index contributed by atoms with van der Waals surface area (Å²) >= 11 is 0. The van der Waals surface area contributed by atoms with Gasteiger partial charge in [-0.1, -0.05) is 0 Å². The number of carboxylic acid groups (broad SMARTS) is 1. The fourth-order valence-electron chi connectivity index (χ4n) is 4.16. The first-order valence-electron chi connectivity index (χ1n) is 7.29. The zero-order valence-corrected chi connectivity index (χ0v) is 11.0. The van der Waals surface area contributed by atoms with Crippen molar-refractivity contribution in [1.82, 2.24) is 5.32 Å². The number of aliphatic carboxylic acids is 1. The number of fused-ring (bicyclic) bond motifs is 2. The average molecular weight is 267 g/mol. The Hall–Kier alpha value is -1.10. The van der Waals surface area contributed by atoms with Crippen molar-refractivity contribution in [2.24, 2.45) is 23.7 Å². The van der Waals surface area contributed by atoms with Crippen LogP contribution in [-0.2, 0) is 14.3 Å². The van der Waals surface area contributed by atoms with Gasteiger partial charge in [-0.25, -0.2) is 0 Å². The van der Waals surface area contributed by atoms with Crippen LogP contribution in [0.2, 0.25) is 0 Å². The van der Waals surface area contributed by atoms with E-state index in [1.807, 2.05) is 0 Å². The van der Waals surface area contributed by atoms with Crippen molar-refractivity contribution >= 4 is 11.9 Å². The molecule has 106 valence electrons. The molecule has 5 nitrogen and oxygen atoms in total. The summed E-state index contributed by atoms with van der Waals surface area (Å²) in [7, 11) is 0. The molecule has 3 rings (SSSR count). The molecule has 0 unspecified atom stereocenters. The van der Waals surface area contributed by atoms with E-state index in [-0.39, 0.29) is 29.8 Å². The quantitative estimate of drug-likeness (QED) is 0.797. The normalized spacial score (nSPS) is 40.5. The van der Waals surface area contributed by atoms with Gasteiger partial charge in [0, 0.05) is 13.2 Å². The van der Waals surface area contributed by atoms with Crippen molar-refractivity contribution in [3.8, 4) is 0 Å². The van der Waals surface area contributed by atoms with Crippen LogP contribution in [0, 0.1) is 23.7 Å². The highest BCUT2D eigenvalue weighted by Gasteiger charge is 2.53. The highest BCUT2D eigenvalue weighted by Crippen LogP contribution is 2.52. The molecule has 1 heterocycles. The Bertz CT molecular complexity index is 378. The molecule has 0 radical (unpaired) electrons. The number of carbonyl (C=O) groups is 2. The van der Waals surface area contributed by atoms with Crippen LogP contribution in [0.4, 0.5) is 0 Å². The second kappa shape index (κ2) is 5.12. The third kappa shape index (κ3) is 2.36. The fourth-order valence-corrected chi connectivity index (χ4v) is 4.16. The van der Waals surface area contributed by atoms with Crippen molar-refractivity contribution in [3.05, 3.63) is 0 Å². The zero-order valence-electron chi connectivity index (χ0n) is 11.0. The molecule has 1 amide bonds. The van der Waals surface area contributed by atoms with Crippen molar-refractivity contribution in [2.45, 2.75) is 38.2 Å². The number of carboxylic acids is 1. The molecule has 2 bridgehead atoms. The van der Waals surface area contributed by atoms with E-state index >= 15 is 0 Å². The van der Waals surface area contributed by atoms with Crippen LogP contribution in [0.1, 0.15) is 32.1 Å². The van der Waals surface area contributed by atoms with E-state index in [1.54, 1.807) is 0 Å². The third-order valence-electron chi connectivity index (χ3n) is 5.03. The van der Waals surface area contributed by atoms with E-state index in [0.29, 0.717) is 6.54 Å². The summed E-state index contributed by atoms with van der Waals surface area (Å²) in [6.07, 6.45) is 5.04. The molecule has 0 aromatic heterocycles. The standard InChI is InChI=1S/C14H21NO4/c16-13(15-7-10-2-1-5-19-10)11-8-3-4-9(6-8)12(11)14(17)18/h8-12H,1-7H2,(H,15,16)(H,17,18)/t8-,9-,10+,11+,12-/m0/s1. The van der Waals surface area contributed by atoms with Gasteiger partial charge in [0.15, 0.2) is 0 Å². The lowest BCUT2D eigenvalue weighted by molar-refractivity contribution is -0.149. The monoisotopic (exact) mass is 267 g/mol. The Labute approximate surface area is 112 Å². The van der Waals surface area contributed by atoms with Gasteiger partial charge >= 0.3 is 5.97 Å². The van der Waals surface area contributed by atoms with Crippen molar-refractivity contribution in [3.63, 3.8) is 0 Å². The van der Waals surface area contributed by atoms with E-state index in [2.05, 4.69) is 5.32 Å². The van der Waals surface area contributed by atoms with E-state index in [4.69, 9.17) is 4.74 Å². The molecule has 3 aliphatic rings. The van der Waals surface area contributed by atoms with Crippen molar-refractivity contribution < 1.29 is 19.4 Å². The molecular weight excluding hydrogens is 246 g/mol. The van der Waals surface area contributed by atoms with Crippen molar-refractivity contribution in [2.75, 3.05) is 13.2 Å². The van der Waals surface area contributed by atoms with E-state index in [9.17, 15) is 14.7 Å². The van der Waals surface area contributed by atoms with E-state index in [0.717, 1.165) is 38.7 Å². The van der Waals surface area contributed by atoms with Gasteiger partial charge < -0.3 is 15.2 Å². The largest absolute Gasteiger partial charge is 0.481 e. The van der Waals surface area contributed by atoms with Crippen LogP contribution < -0.4 is 5.32 Å². The summed E-state index contributed by atoms with van der Waals surface area (Å²) in [4.78, 5) is 23.6. The van der Waals surface area contributed by atoms with Gasteiger partial charge in [0.1, 0.15) is 0 Å². The van der Waals surface area contributed by atoms with Gasteiger partial charge in [0.2, 0.25) is 5.91 Å². The number of carbonyl (C=O) groups excluding carboxylic acids is 1. The molecule has 19 heavy (non-hydrogen) atoms. The van der Waals surface area contributed by atoms with Gasteiger partial charge in [0.25, 0.3) is 0 Å².